The smallest absolute Gasteiger partial charge is 0.307 e. The molecule has 0 saturated carbocycles. The molecule has 2 atom stereocenters. The number of benzene rings is 2. The maximum Gasteiger partial charge on any atom is 0.307 e. The number of nitrogen functional groups attached to an aromatic ring is 1. The quantitative estimate of drug-likeness (QED) is 0.360. The van der Waals surface area contributed by atoms with Crippen molar-refractivity contribution in [3.63, 3.8) is 0 Å². The summed E-state index contributed by atoms with van der Waals surface area (Å²) in [6.45, 7) is 1.23. The Hall–Kier alpha value is -4.08. The Morgan fingerprint density at radius 3 is 2.58 bits per heavy atom. The van der Waals surface area contributed by atoms with Crippen molar-refractivity contribution >= 4 is 35.1 Å². The fourth-order valence-electron chi connectivity index (χ4n) is 3.60. The van der Waals surface area contributed by atoms with Gasteiger partial charge in [0.2, 0.25) is 11.8 Å². The highest BCUT2D eigenvalue weighted by molar-refractivity contribution is 6.11. The summed E-state index contributed by atoms with van der Waals surface area (Å²) < 4.78 is 4.60. The molecule has 10 heteroatoms. The van der Waals surface area contributed by atoms with Crippen molar-refractivity contribution in [2.75, 3.05) is 24.7 Å². The lowest BCUT2D eigenvalue weighted by Gasteiger charge is -2.29. The van der Waals surface area contributed by atoms with Gasteiger partial charge in [0.05, 0.1) is 24.8 Å². The first-order valence-corrected chi connectivity index (χ1v) is 10.3. The topological polar surface area (TPSA) is 151 Å². The van der Waals surface area contributed by atoms with Gasteiger partial charge in [-0.2, -0.15) is 0 Å². The molecule has 2 aromatic rings. The Labute approximate surface area is 190 Å². The van der Waals surface area contributed by atoms with Crippen LogP contribution in [0.4, 0.5) is 11.4 Å². The summed E-state index contributed by atoms with van der Waals surface area (Å²) >= 11 is 0. The van der Waals surface area contributed by atoms with Crippen molar-refractivity contribution < 1.29 is 29.0 Å². The number of fused-ring (bicyclic) bond motifs is 1. The second kappa shape index (κ2) is 10.0. The van der Waals surface area contributed by atoms with E-state index in [-0.39, 0.29) is 24.2 Å². The van der Waals surface area contributed by atoms with E-state index in [4.69, 9.17) is 5.73 Å². The first-order chi connectivity index (χ1) is 15.7. The van der Waals surface area contributed by atoms with Crippen LogP contribution < -0.4 is 16.4 Å². The number of hydrogen-bond donors (Lipinski definition) is 4. The van der Waals surface area contributed by atoms with E-state index in [1.807, 2.05) is 0 Å². The Balaban J connectivity index is 1.89. The Bertz CT molecular complexity index is 1070. The highest BCUT2D eigenvalue weighted by atomic mass is 16.5. The number of nitrogens with two attached hydrogens (primary N) is 1. The first-order valence-electron chi connectivity index (χ1n) is 10.3. The monoisotopic (exact) mass is 454 g/mol. The van der Waals surface area contributed by atoms with E-state index in [0.29, 0.717) is 16.9 Å². The molecule has 0 fully saturated rings. The number of amides is 3. The standard InChI is InChI=1S/C23H26N4O6/c1-13(9-21(30)33-2)25-20(29)12-27-19(10-14-3-6-16(28)7-4-14)22(31)26-18-8-5-15(24)11-17(18)23(27)32/h3-8,11,13,19,28H,9-10,12,24H2,1-2H3,(H,25,29)(H,26,31)/t13?,19-/m0/s1. The van der Waals surface area contributed by atoms with Crippen molar-refractivity contribution in [3.05, 3.63) is 53.6 Å². The molecular weight excluding hydrogens is 428 g/mol. The van der Waals surface area contributed by atoms with Crippen LogP contribution >= 0.6 is 0 Å². The van der Waals surface area contributed by atoms with Gasteiger partial charge in [0.15, 0.2) is 0 Å². The van der Waals surface area contributed by atoms with Gasteiger partial charge >= 0.3 is 5.97 Å². The Morgan fingerprint density at radius 1 is 1.21 bits per heavy atom. The second-order valence-electron chi connectivity index (χ2n) is 7.86. The number of methoxy groups -OCH3 is 1. The van der Waals surface area contributed by atoms with E-state index in [9.17, 15) is 24.3 Å². The number of rotatable bonds is 7. The molecule has 10 nitrogen and oxygen atoms in total. The van der Waals surface area contributed by atoms with E-state index < -0.39 is 42.3 Å². The number of esters is 1. The summed E-state index contributed by atoms with van der Waals surface area (Å²) in [6.07, 6.45) is 0.0826. The average molecular weight is 454 g/mol. The van der Waals surface area contributed by atoms with Gasteiger partial charge in [0.25, 0.3) is 5.91 Å². The molecule has 5 N–H and O–H groups in total. The van der Waals surface area contributed by atoms with Crippen molar-refractivity contribution in [2.45, 2.75) is 31.8 Å². The van der Waals surface area contributed by atoms with Crippen molar-refractivity contribution in [1.82, 2.24) is 10.2 Å². The lowest BCUT2D eigenvalue weighted by atomic mass is 10.0. The summed E-state index contributed by atoms with van der Waals surface area (Å²) in [6, 6.07) is 9.26. The minimum absolute atomic E-state index is 0.0347. The average Bonchev–Trinajstić information content (AvgIpc) is 2.85. The lowest BCUT2D eigenvalue weighted by molar-refractivity contribution is -0.141. The van der Waals surface area contributed by atoms with Crippen LogP contribution in [0.3, 0.4) is 0 Å². The van der Waals surface area contributed by atoms with Crippen LogP contribution in [0, 0.1) is 0 Å². The number of phenolic OH excluding ortho intramolecular Hbond substituents is 1. The summed E-state index contributed by atoms with van der Waals surface area (Å²) in [7, 11) is 1.25. The normalized spacial score (nSPS) is 16.3. The van der Waals surface area contributed by atoms with E-state index in [1.165, 1.54) is 30.2 Å². The number of phenols is 1. The Morgan fingerprint density at radius 2 is 1.91 bits per heavy atom. The van der Waals surface area contributed by atoms with Gasteiger partial charge in [0, 0.05) is 18.2 Å². The molecule has 0 radical (unpaired) electrons. The summed E-state index contributed by atoms with van der Waals surface area (Å²) in [5.41, 5.74) is 7.35. The second-order valence-corrected chi connectivity index (χ2v) is 7.86. The third-order valence-electron chi connectivity index (χ3n) is 5.26. The largest absolute Gasteiger partial charge is 0.508 e. The highest BCUT2D eigenvalue weighted by Crippen LogP contribution is 2.27. The van der Waals surface area contributed by atoms with Gasteiger partial charge < -0.3 is 31.1 Å². The number of nitrogens with one attached hydrogen (secondary N) is 2. The zero-order chi connectivity index (χ0) is 24.1. The molecule has 0 aromatic heterocycles. The molecule has 174 valence electrons. The SMILES string of the molecule is COC(=O)CC(C)NC(=O)CN1C(=O)c2cc(N)ccc2NC(=O)[C@@H]1Cc1ccc(O)cc1. The lowest BCUT2D eigenvalue weighted by Crippen LogP contribution is -2.51. The zero-order valence-corrected chi connectivity index (χ0v) is 18.3. The maximum absolute atomic E-state index is 13.4. The summed E-state index contributed by atoms with van der Waals surface area (Å²) in [4.78, 5) is 51.9. The third-order valence-corrected chi connectivity index (χ3v) is 5.26. The summed E-state index contributed by atoms with van der Waals surface area (Å²) in [5, 5.41) is 14.9. The number of ether oxygens (including phenoxy) is 1. The Kier molecular flexibility index (Phi) is 7.17. The van der Waals surface area contributed by atoms with Crippen LogP contribution in [-0.2, 0) is 25.5 Å². The van der Waals surface area contributed by atoms with E-state index in [1.54, 1.807) is 31.2 Å². The molecular formula is C23H26N4O6. The molecule has 0 bridgehead atoms. The molecule has 2 aromatic carbocycles. The van der Waals surface area contributed by atoms with E-state index in [0.717, 1.165) is 0 Å². The van der Waals surface area contributed by atoms with Gasteiger partial charge in [-0.05, 0) is 42.8 Å². The number of hydrogen-bond acceptors (Lipinski definition) is 7. The van der Waals surface area contributed by atoms with Gasteiger partial charge in [-0.3, -0.25) is 19.2 Å². The minimum atomic E-state index is -1.00. The summed E-state index contributed by atoms with van der Waals surface area (Å²) in [5.74, 6) is -1.94. The van der Waals surface area contributed by atoms with Gasteiger partial charge in [0.1, 0.15) is 18.3 Å². The molecule has 0 aliphatic carbocycles. The van der Waals surface area contributed by atoms with Crippen molar-refractivity contribution in [1.29, 1.82) is 0 Å². The minimum Gasteiger partial charge on any atom is -0.508 e. The van der Waals surface area contributed by atoms with Gasteiger partial charge in [-0.1, -0.05) is 12.1 Å². The predicted molar refractivity (Wildman–Crippen MR) is 120 cm³/mol. The van der Waals surface area contributed by atoms with Crippen molar-refractivity contribution in [2.24, 2.45) is 0 Å². The van der Waals surface area contributed by atoms with E-state index >= 15 is 0 Å². The third kappa shape index (κ3) is 5.79. The highest BCUT2D eigenvalue weighted by Gasteiger charge is 2.36. The zero-order valence-electron chi connectivity index (χ0n) is 18.3. The van der Waals surface area contributed by atoms with Gasteiger partial charge in [-0.15, -0.1) is 0 Å². The molecule has 0 saturated heterocycles. The van der Waals surface area contributed by atoms with Crippen LogP contribution in [-0.4, -0.2) is 59.4 Å². The number of carbonyl (C=O) groups is 4. The number of nitrogens with zero attached hydrogens (tertiary/aromatic N) is 1. The number of carbonyl (C=O) groups excluding carboxylic acids is 4. The fourth-order valence-corrected chi connectivity index (χ4v) is 3.60. The maximum atomic E-state index is 13.4. The molecule has 1 heterocycles. The van der Waals surface area contributed by atoms with Crippen LogP contribution in [0.25, 0.3) is 0 Å². The van der Waals surface area contributed by atoms with E-state index in [2.05, 4.69) is 15.4 Å². The molecule has 3 amide bonds. The van der Waals surface area contributed by atoms with Gasteiger partial charge in [-0.25, -0.2) is 0 Å². The molecule has 3 rings (SSSR count). The van der Waals surface area contributed by atoms with Crippen LogP contribution in [0.5, 0.6) is 5.75 Å². The van der Waals surface area contributed by atoms with Crippen LogP contribution in [0.15, 0.2) is 42.5 Å². The molecule has 1 aliphatic heterocycles. The fraction of sp³-hybridized carbons (Fsp3) is 0.304. The molecule has 1 unspecified atom stereocenters. The van der Waals surface area contributed by atoms with Crippen molar-refractivity contribution in [3.8, 4) is 5.75 Å². The number of anilines is 2. The van der Waals surface area contributed by atoms with Crippen LogP contribution in [0.1, 0.15) is 29.3 Å². The van der Waals surface area contributed by atoms with Crippen LogP contribution in [0.2, 0.25) is 0 Å². The molecule has 33 heavy (non-hydrogen) atoms. The first kappa shape index (κ1) is 23.6. The predicted octanol–water partition coefficient (Wildman–Crippen LogP) is 1.05. The molecule has 1 aliphatic rings. The molecule has 0 spiro atoms. The number of aromatic hydroxyl groups is 1.